The summed E-state index contributed by atoms with van der Waals surface area (Å²) in [4.78, 5) is 9.57. The van der Waals surface area contributed by atoms with E-state index in [0.717, 1.165) is 0 Å². The Hall–Kier alpha value is -0.610. The second-order valence-electron chi connectivity index (χ2n) is 1.13. The molecule has 0 saturated carbocycles. The Morgan fingerprint density at radius 3 is 2.00 bits per heavy atom. The molecule has 4 heteroatoms. The lowest BCUT2D eigenvalue weighted by Gasteiger charge is -1.90. The molecule has 0 aliphatic heterocycles. The molecule has 7 N–H and O–H groups in total. The van der Waals surface area contributed by atoms with E-state index in [2.05, 4.69) is 0 Å². The quantitative estimate of drug-likeness (QED) is 0.432. The van der Waals surface area contributed by atoms with E-state index in [4.69, 9.17) is 10.8 Å². The van der Waals surface area contributed by atoms with Gasteiger partial charge in [-0.05, 0) is 6.92 Å². The molecule has 0 saturated heterocycles. The minimum Gasteiger partial charge on any atom is -0.480 e. The van der Waals surface area contributed by atoms with Gasteiger partial charge in [-0.2, -0.15) is 0 Å². The topological polar surface area (TPSA) is 99.8 Å². The molecule has 0 fully saturated rings. The molecule has 0 aromatic carbocycles. The van der Waals surface area contributed by atoms with E-state index in [-0.39, 0.29) is 6.15 Å². The van der Waals surface area contributed by atoms with Crippen molar-refractivity contribution >= 4 is 5.97 Å². The monoisotopic (exact) mass is 107 g/mol. The highest BCUT2D eigenvalue weighted by Gasteiger charge is 1.99. The van der Waals surface area contributed by atoms with Crippen molar-refractivity contribution in [3.05, 3.63) is 0 Å². The lowest BCUT2D eigenvalue weighted by atomic mass is 10.4. The molecule has 7 heavy (non-hydrogen) atoms. The Labute approximate surface area is 41.9 Å². The fourth-order valence-electron chi connectivity index (χ4n) is 0. The number of aliphatic carboxylic acids is 1. The van der Waals surface area contributed by atoms with Gasteiger partial charge in [-0.1, -0.05) is 0 Å². The van der Waals surface area contributed by atoms with Crippen molar-refractivity contribution in [2.75, 3.05) is 0 Å². The van der Waals surface area contributed by atoms with E-state index >= 15 is 0 Å². The van der Waals surface area contributed by atoms with Gasteiger partial charge in [-0.25, -0.2) is 0 Å². The number of carboxylic acid groups (broad SMARTS) is 1. The van der Waals surface area contributed by atoms with E-state index in [1.165, 1.54) is 6.92 Å². The molecule has 0 aromatic rings. The molecule has 0 spiro atoms. The molecular formula is C3H11N2O2+. The molecule has 0 aliphatic rings. The van der Waals surface area contributed by atoms with Crippen LogP contribution in [-0.4, -0.2) is 17.1 Å². The van der Waals surface area contributed by atoms with E-state index < -0.39 is 12.0 Å². The van der Waals surface area contributed by atoms with Crippen LogP contribution in [0.3, 0.4) is 0 Å². The zero-order valence-corrected chi connectivity index (χ0v) is 4.51. The molecule has 1 unspecified atom stereocenters. The lowest BCUT2D eigenvalue weighted by Crippen LogP contribution is -2.25. The Balaban J connectivity index is 0. The van der Waals surface area contributed by atoms with Gasteiger partial charge in [0.15, 0.2) is 0 Å². The van der Waals surface area contributed by atoms with Crippen molar-refractivity contribution in [2.24, 2.45) is 5.73 Å². The molecule has 0 aliphatic carbocycles. The summed E-state index contributed by atoms with van der Waals surface area (Å²) < 4.78 is 0. The first-order chi connectivity index (χ1) is 2.64. The maximum Gasteiger partial charge on any atom is 0.320 e. The average molecular weight is 107 g/mol. The molecule has 0 bridgehead atoms. The molecule has 0 aromatic heterocycles. The SMILES string of the molecule is CC(N)C(=O)O.[NH4+]. The zero-order chi connectivity index (χ0) is 5.15. The summed E-state index contributed by atoms with van der Waals surface area (Å²) in [5.41, 5.74) is 4.84. The molecule has 0 radical (unpaired) electrons. The van der Waals surface area contributed by atoms with Gasteiger partial charge in [-0.3, -0.25) is 4.79 Å². The third-order valence-corrected chi connectivity index (χ3v) is 0.390. The van der Waals surface area contributed by atoms with Crippen LogP contribution in [0.5, 0.6) is 0 Å². The Morgan fingerprint density at radius 1 is 1.86 bits per heavy atom. The van der Waals surface area contributed by atoms with Gasteiger partial charge >= 0.3 is 5.97 Å². The fraction of sp³-hybridized carbons (Fsp3) is 0.667. The third kappa shape index (κ3) is 5.39. The zero-order valence-electron chi connectivity index (χ0n) is 4.51. The van der Waals surface area contributed by atoms with Crippen molar-refractivity contribution in [3.63, 3.8) is 0 Å². The standard InChI is InChI=1S/C3H7NO2.H3N/c1-2(4)3(5)6;/h2H,4H2,1H3,(H,5,6);1H3/p+1. The van der Waals surface area contributed by atoms with E-state index in [1.54, 1.807) is 0 Å². The Bertz CT molecular complexity index is 62.0. The predicted molar refractivity (Wildman–Crippen MR) is 27.3 cm³/mol. The fourth-order valence-corrected chi connectivity index (χ4v) is 0. The van der Waals surface area contributed by atoms with Crippen LogP contribution >= 0.6 is 0 Å². The minimum atomic E-state index is -0.963. The van der Waals surface area contributed by atoms with Crippen LogP contribution in [0.2, 0.25) is 0 Å². The average Bonchev–Trinajstić information content (AvgIpc) is 1.36. The number of rotatable bonds is 1. The third-order valence-electron chi connectivity index (χ3n) is 0.390. The van der Waals surface area contributed by atoms with Crippen LogP contribution < -0.4 is 11.9 Å². The Morgan fingerprint density at radius 2 is 2.00 bits per heavy atom. The smallest absolute Gasteiger partial charge is 0.320 e. The van der Waals surface area contributed by atoms with Gasteiger partial charge in [0.25, 0.3) is 0 Å². The maximum atomic E-state index is 9.57. The van der Waals surface area contributed by atoms with Crippen molar-refractivity contribution < 1.29 is 9.90 Å². The van der Waals surface area contributed by atoms with Crippen molar-refractivity contribution in [3.8, 4) is 0 Å². The highest BCUT2D eigenvalue weighted by atomic mass is 16.4. The first-order valence-corrected chi connectivity index (χ1v) is 1.63. The van der Waals surface area contributed by atoms with Crippen molar-refractivity contribution in [1.29, 1.82) is 0 Å². The highest BCUT2D eigenvalue weighted by molar-refractivity contribution is 5.72. The molecule has 0 rings (SSSR count). The summed E-state index contributed by atoms with van der Waals surface area (Å²) in [5, 5.41) is 7.87. The summed E-state index contributed by atoms with van der Waals surface area (Å²) in [6.45, 7) is 1.42. The number of hydrogen-bond acceptors (Lipinski definition) is 2. The van der Waals surface area contributed by atoms with Gasteiger partial charge < -0.3 is 17.0 Å². The highest BCUT2D eigenvalue weighted by Crippen LogP contribution is 1.68. The van der Waals surface area contributed by atoms with Crippen LogP contribution in [-0.2, 0) is 4.79 Å². The van der Waals surface area contributed by atoms with Gasteiger partial charge in [0.1, 0.15) is 6.04 Å². The molecule has 4 nitrogen and oxygen atoms in total. The molecule has 44 valence electrons. The summed E-state index contributed by atoms with van der Waals surface area (Å²) in [5.74, 6) is -0.963. The normalized spacial score (nSPS) is 11.7. The second-order valence-corrected chi connectivity index (χ2v) is 1.13. The van der Waals surface area contributed by atoms with Crippen LogP contribution in [0.25, 0.3) is 0 Å². The van der Waals surface area contributed by atoms with Crippen LogP contribution in [0.1, 0.15) is 6.92 Å². The first kappa shape index (κ1) is 9.63. The largest absolute Gasteiger partial charge is 0.480 e. The van der Waals surface area contributed by atoms with Crippen LogP contribution in [0.4, 0.5) is 0 Å². The number of carbonyl (C=O) groups is 1. The first-order valence-electron chi connectivity index (χ1n) is 1.63. The minimum absolute atomic E-state index is 0. The Kier molecular flexibility index (Phi) is 4.92. The van der Waals surface area contributed by atoms with Crippen molar-refractivity contribution in [1.82, 2.24) is 6.15 Å². The molecule has 1 atom stereocenters. The van der Waals surface area contributed by atoms with Crippen LogP contribution in [0.15, 0.2) is 0 Å². The van der Waals surface area contributed by atoms with Gasteiger partial charge in [0.2, 0.25) is 0 Å². The van der Waals surface area contributed by atoms with Gasteiger partial charge in [0.05, 0.1) is 0 Å². The number of hydrogen-bond donors (Lipinski definition) is 3. The van der Waals surface area contributed by atoms with E-state index in [1.807, 2.05) is 0 Å². The second kappa shape index (κ2) is 3.58. The van der Waals surface area contributed by atoms with E-state index in [9.17, 15) is 4.79 Å². The molecular weight excluding hydrogens is 96.0 g/mol. The molecule has 0 heterocycles. The number of quaternary nitrogens is 1. The summed E-state index contributed by atoms with van der Waals surface area (Å²) >= 11 is 0. The summed E-state index contributed by atoms with van der Waals surface area (Å²) in [6.07, 6.45) is 0. The van der Waals surface area contributed by atoms with E-state index in [0.29, 0.717) is 0 Å². The summed E-state index contributed by atoms with van der Waals surface area (Å²) in [6, 6.07) is -0.731. The molecule has 0 amide bonds. The van der Waals surface area contributed by atoms with Gasteiger partial charge in [-0.15, -0.1) is 0 Å². The number of carboxylic acids is 1. The lowest BCUT2D eigenvalue weighted by molar-refractivity contribution is -0.138. The maximum absolute atomic E-state index is 9.57. The van der Waals surface area contributed by atoms with Crippen molar-refractivity contribution in [2.45, 2.75) is 13.0 Å². The van der Waals surface area contributed by atoms with Crippen LogP contribution in [0, 0.1) is 0 Å². The van der Waals surface area contributed by atoms with Gasteiger partial charge in [0, 0.05) is 0 Å². The predicted octanol–water partition coefficient (Wildman–Crippen LogP) is -0.206. The number of nitrogens with two attached hydrogens (primary N) is 1. The summed E-state index contributed by atoms with van der Waals surface area (Å²) in [7, 11) is 0.